The van der Waals surface area contributed by atoms with Gasteiger partial charge in [0, 0.05) is 6.42 Å². The van der Waals surface area contributed by atoms with Crippen molar-refractivity contribution in [3.05, 3.63) is 44.6 Å². The fourth-order valence-corrected chi connectivity index (χ4v) is 2.10. The minimum Gasteiger partial charge on any atom is -0.504 e. The van der Waals surface area contributed by atoms with E-state index in [0.29, 0.717) is 17.9 Å². The Labute approximate surface area is 147 Å². The first-order valence-corrected chi connectivity index (χ1v) is 7.75. The van der Waals surface area contributed by atoms with Gasteiger partial charge in [-0.1, -0.05) is 0 Å². The standard InChI is InChI=1S/C15H16N4O5S/c1-2-24-12-7-9(3-5-11(12)20)8-16-19-14(23)10(4-6-13(21)22)17-18-15(19)25/h3,5,7-8,20H,2,4,6H2,1H3,(H,18,25)(H,21,22)/b16-8-. The number of nitrogens with one attached hydrogen (secondary N) is 1. The average Bonchev–Trinajstić information content (AvgIpc) is 2.56. The van der Waals surface area contributed by atoms with Gasteiger partial charge in [0.15, 0.2) is 11.5 Å². The quantitative estimate of drug-likeness (QED) is 0.499. The number of aromatic hydroxyl groups is 1. The Kier molecular flexibility index (Phi) is 6.01. The highest BCUT2D eigenvalue weighted by Crippen LogP contribution is 2.26. The molecule has 3 N–H and O–H groups in total. The van der Waals surface area contributed by atoms with Crippen LogP contribution in [0.25, 0.3) is 0 Å². The van der Waals surface area contributed by atoms with Crippen molar-refractivity contribution >= 4 is 24.4 Å². The van der Waals surface area contributed by atoms with Gasteiger partial charge in [0.2, 0.25) is 4.77 Å². The van der Waals surface area contributed by atoms with Crippen molar-refractivity contribution in [3.63, 3.8) is 0 Å². The minimum absolute atomic E-state index is 0.00618. The van der Waals surface area contributed by atoms with Crippen LogP contribution in [0.4, 0.5) is 0 Å². The molecule has 1 aromatic heterocycles. The number of aryl methyl sites for hydroxylation is 1. The van der Waals surface area contributed by atoms with Crippen LogP contribution in [0, 0.1) is 4.77 Å². The monoisotopic (exact) mass is 364 g/mol. The number of aromatic amines is 1. The number of ether oxygens (including phenoxy) is 1. The van der Waals surface area contributed by atoms with Crippen LogP contribution >= 0.6 is 12.2 Å². The molecule has 2 aromatic rings. The highest BCUT2D eigenvalue weighted by Gasteiger charge is 2.09. The number of aromatic nitrogens is 3. The number of nitrogens with zero attached hydrogens (tertiary/aromatic N) is 3. The molecule has 1 aromatic carbocycles. The summed E-state index contributed by atoms with van der Waals surface area (Å²) in [6, 6.07) is 4.60. The summed E-state index contributed by atoms with van der Waals surface area (Å²) < 4.78 is 6.18. The van der Waals surface area contributed by atoms with Crippen molar-refractivity contribution in [2.45, 2.75) is 19.8 Å². The summed E-state index contributed by atoms with van der Waals surface area (Å²) in [5, 5.41) is 28.6. The first-order valence-electron chi connectivity index (χ1n) is 7.35. The second kappa shape index (κ2) is 8.20. The number of phenolic OH excluding ortho intramolecular Hbond substituents is 1. The molecule has 0 radical (unpaired) electrons. The second-order valence-electron chi connectivity index (χ2n) is 4.89. The third kappa shape index (κ3) is 4.73. The van der Waals surface area contributed by atoms with E-state index >= 15 is 0 Å². The predicted octanol–water partition coefficient (Wildman–Crippen LogP) is 1.30. The zero-order chi connectivity index (χ0) is 18.4. The highest BCUT2D eigenvalue weighted by molar-refractivity contribution is 7.71. The number of hydrogen-bond acceptors (Lipinski definition) is 7. The summed E-state index contributed by atoms with van der Waals surface area (Å²) in [6.07, 6.45) is 1.10. The van der Waals surface area contributed by atoms with E-state index in [0.717, 1.165) is 4.68 Å². The summed E-state index contributed by atoms with van der Waals surface area (Å²) in [4.78, 5) is 22.9. The summed E-state index contributed by atoms with van der Waals surface area (Å²) >= 11 is 4.99. The number of aliphatic carboxylic acids is 1. The van der Waals surface area contributed by atoms with Gasteiger partial charge >= 0.3 is 5.97 Å². The van der Waals surface area contributed by atoms with Crippen molar-refractivity contribution in [2.75, 3.05) is 6.61 Å². The summed E-state index contributed by atoms with van der Waals surface area (Å²) in [5.41, 5.74) is 0.00497. The van der Waals surface area contributed by atoms with Crippen LogP contribution in [0.1, 0.15) is 24.6 Å². The van der Waals surface area contributed by atoms with Crippen LogP contribution in [-0.4, -0.2) is 43.9 Å². The molecule has 0 spiro atoms. The number of rotatable bonds is 7. The molecule has 0 amide bonds. The number of H-pyrrole nitrogens is 1. The maximum atomic E-state index is 12.3. The lowest BCUT2D eigenvalue weighted by molar-refractivity contribution is -0.136. The molecule has 2 rings (SSSR count). The van der Waals surface area contributed by atoms with Crippen LogP contribution in [0.2, 0.25) is 0 Å². The molecule has 0 aliphatic heterocycles. The Morgan fingerprint density at radius 3 is 2.96 bits per heavy atom. The van der Waals surface area contributed by atoms with E-state index in [1.54, 1.807) is 19.1 Å². The third-order valence-electron chi connectivity index (χ3n) is 3.10. The van der Waals surface area contributed by atoms with Crippen LogP contribution < -0.4 is 10.3 Å². The topological polar surface area (TPSA) is 130 Å². The zero-order valence-electron chi connectivity index (χ0n) is 13.3. The molecule has 1 heterocycles. The SMILES string of the molecule is CCOc1cc(/C=N\n2c(=S)[nH]nc(CCC(=O)O)c2=O)ccc1O. The summed E-state index contributed by atoms with van der Waals surface area (Å²) in [5.74, 6) is -0.750. The largest absolute Gasteiger partial charge is 0.504 e. The maximum absolute atomic E-state index is 12.3. The van der Waals surface area contributed by atoms with E-state index in [2.05, 4.69) is 15.3 Å². The first-order chi connectivity index (χ1) is 11.9. The van der Waals surface area contributed by atoms with Gasteiger partial charge in [-0.25, -0.2) is 0 Å². The van der Waals surface area contributed by atoms with Crippen LogP contribution in [-0.2, 0) is 11.2 Å². The highest BCUT2D eigenvalue weighted by atomic mass is 32.1. The first kappa shape index (κ1) is 18.3. The fourth-order valence-electron chi connectivity index (χ4n) is 1.92. The molecule has 10 heteroatoms. The molecule has 0 saturated heterocycles. The predicted molar refractivity (Wildman–Crippen MR) is 91.9 cm³/mol. The Bertz CT molecular complexity index is 919. The summed E-state index contributed by atoms with van der Waals surface area (Å²) in [7, 11) is 0. The molecular weight excluding hydrogens is 348 g/mol. The number of benzene rings is 1. The van der Waals surface area contributed by atoms with E-state index < -0.39 is 11.5 Å². The maximum Gasteiger partial charge on any atom is 0.303 e. The lowest BCUT2D eigenvalue weighted by Crippen LogP contribution is -2.25. The summed E-state index contributed by atoms with van der Waals surface area (Å²) in [6.45, 7) is 2.17. The Hall–Kier alpha value is -3.01. The molecule has 0 unspecified atom stereocenters. The fraction of sp³-hybridized carbons (Fsp3) is 0.267. The van der Waals surface area contributed by atoms with Gasteiger partial charge in [0.25, 0.3) is 5.56 Å². The average molecular weight is 364 g/mol. The Balaban J connectivity index is 2.33. The van der Waals surface area contributed by atoms with Crippen molar-refractivity contribution in [3.8, 4) is 11.5 Å². The number of carboxylic acids is 1. The molecule has 0 saturated carbocycles. The van der Waals surface area contributed by atoms with Crippen molar-refractivity contribution in [1.82, 2.24) is 14.9 Å². The Morgan fingerprint density at radius 1 is 1.52 bits per heavy atom. The normalized spacial score (nSPS) is 10.9. The molecule has 0 aliphatic rings. The van der Waals surface area contributed by atoms with Gasteiger partial charge in [-0.05, 0) is 42.9 Å². The lowest BCUT2D eigenvalue weighted by atomic mass is 10.2. The van der Waals surface area contributed by atoms with Gasteiger partial charge < -0.3 is 14.9 Å². The molecule has 0 fully saturated rings. The van der Waals surface area contributed by atoms with Gasteiger partial charge in [-0.2, -0.15) is 14.9 Å². The smallest absolute Gasteiger partial charge is 0.303 e. The van der Waals surface area contributed by atoms with Gasteiger partial charge in [-0.3, -0.25) is 14.7 Å². The van der Waals surface area contributed by atoms with Crippen molar-refractivity contribution in [2.24, 2.45) is 5.10 Å². The molecule has 0 aliphatic carbocycles. The minimum atomic E-state index is -1.04. The number of hydrogen-bond donors (Lipinski definition) is 3. The van der Waals surface area contributed by atoms with Crippen LogP contribution in [0.3, 0.4) is 0 Å². The van der Waals surface area contributed by atoms with E-state index in [-0.39, 0.29) is 29.1 Å². The Morgan fingerprint density at radius 2 is 2.28 bits per heavy atom. The van der Waals surface area contributed by atoms with Gasteiger partial charge in [0.05, 0.1) is 19.2 Å². The van der Waals surface area contributed by atoms with E-state index in [1.807, 2.05) is 0 Å². The van der Waals surface area contributed by atoms with Crippen molar-refractivity contribution in [1.29, 1.82) is 0 Å². The van der Waals surface area contributed by atoms with E-state index in [1.165, 1.54) is 12.3 Å². The molecule has 25 heavy (non-hydrogen) atoms. The zero-order valence-corrected chi connectivity index (χ0v) is 14.1. The lowest BCUT2D eigenvalue weighted by Gasteiger charge is -2.06. The molecule has 132 valence electrons. The van der Waals surface area contributed by atoms with Crippen LogP contribution in [0.15, 0.2) is 28.1 Å². The molecular formula is C15H16N4O5S. The number of carboxylic acid groups (broad SMARTS) is 1. The van der Waals surface area contributed by atoms with E-state index in [9.17, 15) is 14.7 Å². The number of carbonyl (C=O) groups is 1. The van der Waals surface area contributed by atoms with Crippen LogP contribution in [0.5, 0.6) is 11.5 Å². The third-order valence-corrected chi connectivity index (χ3v) is 3.36. The second-order valence-corrected chi connectivity index (χ2v) is 5.28. The molecule has 0 atom stereocenters. The van der Waals surface area contributed by atoms with Crippen molar-refractivity contribution < 1.29 is 19.7 Å². The number of phenols is 1. The molecule has 9 nitrogen and oxygen atoms in total. The van der Waals surface area contributed by atoms with E-state index in [4.69, 9.17) is 22.1 Å². The van der Waals surface area contributed by atoms with Gasteiger partial charge in [-0.15, -0.1) is 0 Å². The van der Waals surface area contributed by atoms with Gasteiger partial charge in [0.1, 0.15) is 5.69 Å². The molecule has 0 bridgehead atoms.